The summed E-state index contributed by atoms with van der Waals surface area (Å²) in [6.45, 7) is 5.46. The molecule has 1 aromatic heterocycles. The van der Waals surface area contributed by atoms with Gasteiger partial charge in [-0.3, -0.25) is 5.32 Å². The van der Waals surface area contributed by atoms with Crippen LogP contribution >= 0.6 is 0 Å². The number of amides is 1. The molecule has 0 bridgehead atoms. The third-order valence-electron chi connectivity index (χ3n) is 2.34. The smallest absolute Gasteiger partial charge is 0.412 e. The summed E-state index contributed by atoms with van der Waals surface area (Å²) in [4.78, 5) is 11.7. The third-order valence-corrected chi connectivity index (χ3v) is 2.34. The van der Waals surface area contributed by atoms with Gasteiger partial charge in [-0.1, -0.05) is 30.3 Å². The maximum Gasteiger partial charge on any atom is 0.412 e. The van der Waals surface area contributed by atoms with Gasteiger partial charge in [0.05, 0.1) is 12.0 Å². The molecule has 0 spiro atoms. The summed E-state index contributed by atoms with van der Waals surface area (Å²) < 4.78 is 10.6. The lowest BCUT2D eigenvalue weighted by atomic mass is 10.1. The predicted molar refractivity (Wildman–Crippen MR) is 74.0 cm³/mol. The van der Waals surface area contributed by atoms with E-state index in [1.807, 2.05) is 51.1 Å². The Morgan fingerprint density at radius 2 is 1.84 bits per heavy atom. The van der Waals surface area contributed by atoms with Crippen LogP contribution in [0, 0.1) is 0 Å². The molecular weight excluding hydrogens is 242 g/mol. The van der Waals surface area contributed by atoms with Gasteiger partial charge >= 0.3 is 6.09 Å². The Morgan fingerprint density at radius 1 is 1.16 bits per heavy atom. The number of anilines is 1. The van der Waals surface area contributed by atoms with Crippen LogP contribution in [0.15, 0.2) is 47.1 Å². The van der Waals surface area contributed by atoms with Gasteiger partial charge in [-0.15, -0.1) is 0 Å². The van der Waals surface area contributed by atoms with Crippen molar-refractivity contribution in [3.8, 4) is 11.3 Å². The second-order valence-corrected chi connectivity index (χ2v) is 5.16. The van der Waals surface area contributed by atoms with Crippen molar-refractivity contribution in [1.82, 2.24) is 0 Å². The fraction of sp³-hybridized carbons (Fsp3) is 0.267. The molecular formula is C15H17NO3. The van der Waals surface area contributed by atoms with Crippen molar-refractivity contribution in [2.75, 3.05) is 5.32 Å². The lowest BCUT2D eigenvalue weighted by Gasteiger charge is -2.19. The van der Waals surface area contributed by atoms with Crippen molar-refractivity contribution in [2.24, 2.45) is 0 Å². The van der Waals surface area contributed by atoms with Crippen molar-refractivity contribution in [3.05, 3.63) is 42.7 Å². The number of ether oxygens (including phenoxy) is 1. The van der Waals surface area contributed by atoms with Crippen molar-refractivity contribution < 1.29 is 13.9 Å². The molecule has 2 rings (SSSR count). The second kappa shape index (κ2) is 5.18. The van der Waals surface area contributed by atoms with E-state index in [2.05, 4.69) is 5.32 Å². The Kier molecular flexibility index (Phi) is 3.60. The first-order valence-electron chi connectivity index (χ1n) is 6.08. The number of nitrogens with one attached hydrogen (secondary N) is 1. The van der Waals surface area contributed by atoms with Gasteiger partial charge in [0, 0.05) is 11.6 Å². The lowest BCUT2D eigenvalue weighted by molar-refractivity contribution is 0.0636. The third kappa shape index (κ3) is 3.61. The van der Waals surface area contributed by atoms with E-state index in [4.69, 9.17) is 9.15 Å². The zero-order valence-corrected chi connectivity index (χ0v) is 11.3. The molecule has 100 valence electrons. The molecule has 4 heteroatoms. The van der Waals surface area contributed by atoms with Gasteiger partial charge in [-0.2, -0.15) is 0 Å². The monoisotopic (exact) mass is 259 g/mol. The lowest BCUT2D eigenvalue weighted by Crippen LogP contribution is -2.27. The number of furan rings is 1. The highest BCUT2D eigenvalue weighted by atomic mass is 16.6. The molecule has 0 atom stereocenters. The molecule has 0 unspecified atom stereocenters. The summed E-state index contributed by atoms with van der Waals surface area (Å²) >= 11 is 0. The minimum Gasteiger partial charge on any atom is -0.462 e. The van der Waals surface area contributed by atoms with E-state index in [0.29, 0.717) is 11.4 Å². The van der Waals surface area contributed by atoms with Crippen LogP contribution in [0.2, 0.25) is 0 Å². The Morgan fingerprint density at radius 3 is 2.47 bits per heavy atom. The first-order chi connectivity index (χ1) is 8.96. The Balaban J connectivity index is 2.15. The Hall–Kier alpha value is -2.23. The molecule has 19 heavy (non-hydrogen) atoms. The minimum absolute atomic E-state index is 0.494. The summed E-state index contributed by atoms with van der Waals surface area (Å²) in [7, 11) is 0. The van der Waals surface area contributed by atoms with Gasteiger partial charge in [-0.25, -0.2) is 4.79 Å². The van der Waals surface area contributed by atoms with Crippen molar-refractivity contribution in [1.29, 1.82) is 0 Å². The number of hydrogen-bond donors (Lipinski definition) is 1. The molecule has 0 radical (unpaired) electrons. The molecule has 1 amide bonds. The molecule has 0 aliphatic rings. The highest BCUT2D eigenvalue weighted by molar-refractivity contribution is 5.89. The van der Waals surface area contributed by atoms with E-state index in [1.54, 1.807) is 6.07 Å². The SMILES string of the molecule is CC(C)(C)OC(=O)Nc1ccoc1-c1ccccc1. The largest absolute Gasteiger partial charge is 0.462 e. The van der Waals surface area contributed by atoms with E-state index in [-0.39, 0.29) is 0 Å². The second-order valence-electron chi connectivity index (χ2n) is 5.16. The molecule has 0 aliphatic carbocycles. The van der Waals surface area contributed by atoms with Crippen molar-refractivity contribution in [2.45, 2.75) is 26.4 Å². The Labute approximate surface area is 112 Å². The zero-order valence-electron chi connectivity index (χ0n) is 11.3. The standard InChI is InChI=1S/C15H17NO3/c1-15(2,3)19-14(17)16-12-9-10-18-13(12)11-7-5-4-6-8-11/h4-10H,1-3H3,(H,16,17). The van der Waals surface area contributed by atoms with Crippen LogP contribution in [0.3, 0.4) is 0 Å². The highest BCUT2D eigenvalue weighted by Gasteiger charge is 2.18. The van der Waals surface area contributed by atoms with Crippen LogP contribution in [0.4, 0.5) is 10.5 Å². The predicted octanol–water partition coefficient (Wildman–Crippen LogP) is 4.29. The van der Waals surface area contributed by atoms with Gasteiger partial charge in [0.1, 0.15) is 5.60 Å². The number of carbonyl (C=O) groups excluding carboxylic acids is 1. The number of rotatable bonds is 2. The summed E-state index contributed by atoms with van der Waals surface area (Å²) in [5, 5.41) is 2.69. The molecule has 0 aliphatic heterocycles. The molecule has 4 nitrogen and oxygen atoms in total. The van der Waals surface area contributed by atoms with E-state index in [0.717, 1.165) is 5.56 Å². The maximum absolute atomic E-state index is 11.7. The number of hydrogen-bond acceptors (Lipinski definition) is 3. The topological polar surface area (TPSA) is 51.5 Å². The molecule has 0 saturated heterocycles. The van der Waals surface area contributed by atoms with E-state index in [1.165, 1.54) is 6.26 Å². The maximum atomic E-state index is 11.7. The quantitative estimate of drug-likeness (QED) is 0.875. The Bertz CT molecular complexity index is 552. The van der Waals surface area contributed by atoms with Crippen molar-refractivity contribution >= 4 is 11.8 Å². The molecule has 1 heterocycles. The van der Waals surface area contributed by atoms with Crippen molar-refractivity contribution in [3.63, 3.8) is 0 Å². The van der Waals surface area contributed by atoms with Gasteiger partial charge in [-0.05, 0) is 20.8 Å². The fourth-order valence-electron chi connectivity index (χ4n) is 1.63. The normalized spacial score (nSPS) is 11.1. The summed E-state index contributed by atoms with van der Waals surface area (Å²) in [5.74, 6) is 0.617. The highest BCUT2D eigenvalue weighted by Crippen LogP contribution is 2.29. The van der Waals surface area contributed by atoms with Gasteiger partial charge < -0.3 is 9.15 Å². The number of benzene rings is 1. The average Bonchev–Trinajstić information content (AvgIpc) is 2.75. The van der Waals surface area contributed by atoms with Gasteiger partial charge in [0.2, 0.25) is 0 Å². The van der Waals surface area contributed by atoms with Crippen LogP contribution in [-0.2, 0) is 4.74 Å². The molecule has 0 saturated carbocycles. The zero-order chi connectivity index (χ0) is 13.9. The van der Waals surface area contributed by atoms with Crippen LogP contribution < -0.4 is 5.32 Å². The summed E-state index contributed by atoms with van der Waals surface area (Å²) in [6.07, 6.45) is 1.04. The fourth-order valence-corrected chi connectivity index (χ4v) is 1.63. The number of carbonyl (C=O) groups is 1. The van der Waals surface area contributed by atoms with E-state index < -0.39 is 11.7 Å². The molecule has 1 N–H and O–H groups in total. The van der Waals surface area contributed by atoms with Crippen LogP contribution in [0.5, 0.6) is 0 Å². The molecule has 0 fully saturated rings. The minimum atomic E-state index is -0.527. The van der Waals surface area contributed by atoms with Crippen LogP contribution in [0.1, 0.15) is 20.8 Å². The van der Waals surface area contributed by atoms with Crippen LogP contribution in [-0.4, -0.2) is 11.7 Å². The summed E-state index contributed by atoms with van der Waals surface area (Å²) in [6, 6.07) is 11.3. The molecule has 2 aromatic rings. The average molecular weight is 259 g/mol. The first kappa shape index (κ1) is 13.2. The van der Waals surface area contributed by atoms with E-state index >= 15 is 0 Å². The first-order valence-corrected chi connectivity index (χ1v) is 6.08. The van der Waals surface area contributed by atoms with Gasteiger partial charge in [0.15, 0.2) is 5.76 Å². The van der Waals surface area contributed by atoms with Gasteiger partial charge in [0.25, 0.3) is 0 Å². The van der Waals surface area contributed by atoms with Crippen LogP contribution in [0.25, 0.3) is 11.3 Å². The summed E-state index contributed by atoms with van der Waals surface area (Å²) in [5.41, 5.74) is 0.972. The molecule has 1 aromatic carbocycles. The van der Waals surface area contributed by atoms with E-state index in [9.17, 15) is 4.79 Å².